The van der Waals surface area contributed by atoms with Gasteiger partial charge in [0.05, 0.1) is 0 Å². The minimum Gasteiger partial charge on any atom is -0.476 e. The van der Waals surface area contributed by atoms with Crippen LogP contribution in [0.5, 0.6) is 0 Å². The molecule has 1 heterocycles. The fourth-order valence-corrected chi connectivity index (χ4v) is 3.12. The first-order valence-corrected chi connectivity index (χ1v) is 6.85. The number of carbonyl (C=O) groups is 1. The number of carboxylic acids is 1. The summed E-state index contributed by atoms with van der Waals surface area (Å²) in [7, 11) is 0. The molecule has 1 aliphatic rings. The zero-order valence-corrected chi connectivity index (χ0v) is 11.0. The molecule has 0 amide bonds. The van der Waals surface area contributed by atoms with Gasteiger partial charge in [-0.3, -0.25) is 0 Å². The number of thiazole rings is 1. The Kier molecular flexibility index (Phi) is 3.66. The number of hydrogen-bond acceptors (Lipinski definition) is 4. The molecule has 0 spiro atoms. The fourth-order valence-electron chi connectivity index (χ4n) is 2.24. The molecular formula is C12H18N2O2S. The van der Waals surface area contributed by atoms with Crippen molar-refractivity contribution in [2.75, 3.05) is 5.32 Å². The number of aryl methyl sites for hydroxylation is 1. The molecule has 0 unspecified atom stereocenters. The maximum atomic E-state index is 10.9. The lowest BCUT2D eigenvalue weighted by molar-refractivity contribution is 0.0690. The minimum atomic E-state index is -0.941. The van der Waals surface area contributed by atoms with E-state index < -0.39 is 5.97 Å². The molecule has 1 saturated carbocycles. The highest BCUT2D eigenvalue weighted by molar-refractivity contribution is 7.15. The van der Waals surface area contributed by atoms with Gasteiger partial charge >= 0.3 is 5.97 Å². The highest BCUT2D eigenvalue weighted by Crippen LogP contribution is 2.28. The number of nitrogens with one attached hydrogen (secondary N) is 1. The molecule has 0 atom stereocenters. The minimum absolute atomic E-state index is 0.182. The largest absolute Gasteiger partial charge is 0.476 e. The van der Waals surface area contributed by atoms with E-state index in [0.717, 1.165) is 28.8 Å². The van der Waals surface area contributed by atoms with Gasteiger partial charge in [-0.15, -0.1) is 11.3 Å². The molecule has 1 fully saturated rings. The van der Waals surface area contributed by atoms with E-state index in [0.29, 0.717) is 6.04 Å². The van der Waals surface area contributed by atoms with Crippen LogP contribution < -0.4 is 5.32 Å². The highest BCUT2D eigenvalue weighted by Gasteiger charge is 2.20. The van der Waals surface area contributed by atoms with Crippen LogP contribution in [-0.4, -0.2) is 22.1 Å². The van der Waals surface area contributed by atoms with Gasteiger partial charge in [0, 0.05) is 10.9 Å². The van der Waals surface area contributed by atoms with Crippen LogP contribution in [0, 0.1) is 12.8 Å². The second kappa shape index (κ2) is 5.04. The molecule has 1 aromatic rings. The van der Waals surface area contributed by atoms with Crippen molar-refractivity contribution in [3.05, 3.63) is 10.6 Å². The summed E-state index contributed by atoms with van der Waals surface area (Å²) in [6.45, 7) is 4.08. The molecule has 0 radical (unpaired) electrons. The lowest BCUT2D eigenvalue weighted by Crippen LogP contribution is -2.25. The third-order valence-electron chi connectivity index (χ3n) is 3.34. The maximum Gasteiger partial charge on any atom is 0.355 e. The smallest absolute Gasteiger partial charge is 0.355 e. The maximum absolute atomic E-state index is 10.9. The molecular weight excluding hydrogens is 236 g/mol. The van der Waals surface area contributed by atoms with Gasteiger partial charge in [0.2, 0.25) is 0 Å². The van der Waals surface area contributed by atoms with Gasteiger partial charge < -0.3 is 10.4 Å². The standard InChI is InChI=1S/C12H18N2O2S/c1-7-3-5-9(6-4-7)13-12-14-10(11(15)16)8(2)17-12/h7,9H,3-6H2,1-2H3,(H,13,14)(H,15,16). The summed E-state index contributed by atoms with van der Waals surface area (Å²) in [6, 6.07) is 0.457. The molecule has 0 saturated heterocycles. The lowest BCUT2D eigenvalue weighted by atomic mass is 9.87. The molecule has 0 aromatic carbocycles. The van der Waals surface area contributed by atoms with Gasteiger partial charge in [-0.05, 0) is 38.5 Å². The molecule has 1 aliphatic carbocycles. The number of rotatable bonds is 3. The fraction of sp³-hybridized carbons (Fsp3) is 0.667. The van der Waals surface area contributed by atoms with Crippen molar-refractivity contribution in [2.45, 2.75) is 45.6 Å². The van der Waals surface area contributed by atoms with Gasteiger partial charge in [0.25, 0.3) is 0 Å². The number of carboxylic acid groups (broad SMARTS) is 1. The number of anilines is 1. The Labute approximate surface area is 105 Å². The Bertz CT molecular complexity index is 409. The predicted molar refractivity (Wildman–Crippen MR) is 68.9 cm³/mol. The summed E-state index contributed by atoms with van der Waals surface area (Å²) in [5.74, 6) is -0.121. The number of aromatic carboxylic acids is 1. The van der Waals surface area contributed by atoms with E-state index in [1.54, 1.807) is 6.92 Å². The van der Waals surface area contributed by atoms with Crippen LogP contribution in [0.2, 0.25) is 0 Å². The number of hydrogen-bond donors (Lipinski definition) is 2. The van der Waals surface area contributed by atoms with Crippen LogP contribution in [0.1, 0.15) is 48.0 Å². The number of aromatic nitrogens is 1. The summed E-state index contributed by atoms with van der Waals surface area (Å²) < 4.78 is 0. The third kappa shape index (κ3) is 2.97. The predicted octanol–water partition coefficient (Wildman–Crippen LogP) is 3.14. The Hall–Kier alpha value is -1.10. The third-order valence-corrected chi connectivity index (χ3v) is 4.24. The summed E-state index contributed by atoms with van der Waals surface area (Å²) in [5, 5.41) is 13.0. The van der Waals surface area contributed by atoms with Crippen molar-refractivity contribution in [2.24, 2.45) is 5.92 Å². The van der Waals surface area contributed by atoms with Gasteiger partial charge in [-0.2, -0.15) is 0 Å². The molecule has 1 aromatic heterocycles. The molecule has 2 rings (SSSR count). The Balaban J connectivity index is 1.99. The summed E-state index contributed by atoms with van der Waals surface area (Å²) >= 11 is 1.43. The zero-order valence-electron chi connectivity index (χ0n) is 10.2. The van der Waals surface area contributed by atoms with E-state index in [1.807, 2.05) is 0 Å². The van der Waals surface area contributed by atoms with Crippen molar-refractivity contribution in [3.63, 3.8) is 0 Å². The van der Waals surface area contributed by atoms with Gasteiger partial charge in [0.15, 0.2) is 10.8 Å². The van der Waals surface area contributed by atoms with E-state index in [4.69, 9.17) is 5.11 Å². The zero-order chi connectivity index (χ0) is 12.4. The van der Waals surface area contributed by atoms with Crippen molar-refractivity contribution in [1.29, 1.82) is 0 Å². The average Bonchev–Trinajstić information content (AvgIpc) is 2.63. The Morgan fingerprint density at radius 2 is 2.06 bits per heavy atom. The van der Waals surface area contributed by atoms with E-state index >= 15 is 0 Å². The molecule has 5 heteroatoms. The summed E-state index contributed by atoms with van der Waals surface area (Å²) in [4.78, 5) is 15.8. The van der Waals surface area contributed by atoms with Crippen molar-refractivity contribution in [1.82, 2.24) is 4.98 Å². The van der Waals surface area contributed by atoms with E-state index in [-0.39, 0.29) is 5.69 Å². The molecule has 0 aliphatic heterocycles. The van der Waals surface area contributed by atoms with Crippen LogP contribution in [-0.2, 0) is 0 Å². The first-order chi connectivity index (χ1) is 8.06. The second-order valence-electron chi connectivity index (χ2n) is 4.83. The second-order valence-corrected chi connectivity index (χ2v) is 6.03. The normalized spacial score (nSPS) is 24.6. The van der Waals surface area contributed by atoms with Crippen molar-refractivity contribution < 1.29 is 9.90 Å². The van der Waals surface area contributed by atoms with Gasteiger partial charge in [-0.25, -0.2) is 9.78 Å². The van der Waals surface area contributed by atoms with Crippen LogP contribution in [0.25, 0.3) is 0 Å². The van der Waals surface area contributed by atoms with Crippen LogP contribution >= 0.6 is 11.3 Å². The van der Waals surface area contributed by atoms with Crippen LogP contribution in [0.15, 0.2) is 0 Å². The van der Waals surface area contributed by atoms with Crippen molar-refractivity contribution in [3.8, 4) is 0 Å². The topological polar surface area (TPSA) is 62.2 Å². The first-order valence-electron chi connectivity index (χ1n) is 6.03. The molecule has 17 heavy (non-hydrogen) atoms. The number of nitrogens with zero attached hydrogens (tertiary/aromatic N) is 1. The van der Waals surface area contributed by atoms with E-state index in [9.17, 15) is 4.79 Å². The van der Waals surface area contributed by atoms with Gasteiger partial charge in [0.1, 0.15) is 0 Å². The average molecular weight is 254 g/mol. The Morgan fingerprint density at radius 1 is 1.41 bits per heavy atom. The van der Waals surface area contributed by atoms with Crippen LogP contribution in [0.3, 0.4) is 0 Å². The quantitative estimate of drug-likeness (QED) is 0.870. The van der Waals surface area contributed by atoms with Crippen LogP contribution in [0.4, 0.5) is 5.13 Å². The van der Waals surface area contributed by atoms with Gasteiger partial charge in [-0.1, -0.05) is 6.92 Å². The molecule has 0 bridgehead atoms. The van der Waals surface area contributed by atoms with Crippen molar-refractivity contribution >= 4 is 22.4 Å². The monoisotopic (exact) mass is 254 g/mol. The summed E-state index contributed by atoms with van der Waals surface area (Å²) in [5.41, 5.74) is 0.182. The lowest BCUT2D eigenvalue weighted by Gasteiger charge is -2.26. The van der Waals surface area contributed by atoms with E-state index in [2.05, 4.69) is 17.2 Å². The highest BCUT2D eigenvalue weighted by atomic mass is 32.1. The Morgan fingerprint density at radius 3 is 2.59 bits per heavy atom. The molecule has 2 N–H and O–H groups in total. The SMILES string of the molecule is Cc1sc(NC2CCC(C)CC2)nc1C(=O)O. The van der Waals surface area contributed by atoms with E-state index in [1.165, 1.54) is 24.2 Å². The molecule has 94 valence electrons. The first kappa shape index (κ1) is 12.4. The summed E-state index contributed by atoms with van der Waals surface area (Å²) in [6.07, 6.45) is 4.80. The molecule has 4 nitrogen and oxygen atoms in total.